The molecule has 0 aromatic heterocycles. The van der Waals surface area contributed by atoms with Crippen LogP contribution in [-0.4, -0.2) is 0 Å². The summed E-state index contributed by atoms with van der Waals surface area (Å²) in [5, 5.41) is 0. The third-order valence-corrected chi connectivity index (χ3v) is 3.45. The predicted octanol–water partition coefficient (Wildman–Crippen LogP) is -1.71. The first kappa shape index (κ1) is 21.6. The maximum atomic E-state index is 2.99. The summed E-state index contributed by atoms with van der Waals surface area (Å²) in [6.45, 7) is 4.63. The Balaban J connectivity index is 0. The van der Waals surface area contributed by atoms with E-state index < -0.39 is 0 Å². The van der Waals surface area contributed by atoms with Gasteiger partial charge >= 0.3 is 26.2 Å². The molecule has 3 aliphatic carbocycles. The number of hydrogen-bond acceptors (Lipinski definition) is 0. The minimum Gasteiger partial charge on any atom is -1.00 e. The maximum absolute atomic E-state index is 2.99. The van der Waals surface area contributed by atoms with Crippen LogP contribution in [0.3, 0.4) is 0 Å². The molecule has 0 radical (unpaired) electrons. The van der Waals surface area contributed by atoms with E-state index in [1.165, 1.54) is 6.42 Å². The van der Waals surface area contributed by atoms with Crippen molar-refractivity contribution in [1.82, 2.24) is 0 Å². The molecule has 19 heavy (non-hydrogen) atoms. The number of allylic oxidation sites excluding steroid dienone is 8. The molecule has 3 atom stereocenters. The number of halogens is 2. The second kappa shape index (κ2) is 11.0. The third kappa shape index (κ3) is 6.52. The summed E-state index contributed by atoms with van der Waals surface area (Å²) in [6.07, 6.45) is 20.6. The third-order valence-electron chi connectivity index (χ3n) is 3.45. The minimum atomic E-state index is 0. The van der Waals surface area contributed by atoms with Gasteiger partial charge in [-0.1, -0.05) is 32.3 Å². The van der Waals surface area contributed by atoms with E-state index in [0.717, 1.165) is 24.2 Å². The van der Waals surface area contributed by atoms with Gasteiger partial charge in [0.2, 0.25) is 0 Å². The van der Waals surface area contributed by atoms with Gasteiger partial charge in [0.1, 0.15) is 0 Å². The molecule has 0 nitrogen and oxygen atoms in total. The van der Waals surface area contributed by atoms with Crippen LogP contribution < -0.4 is 24.8 Å². The second-order valence-electron chi connectivity index (χ2n) is 4.90. The van der Waals surface area contributed by atoms with Gasteiger partial charge in [-0.25, -0.2) is 30.2 Å². The van der Waals surface area contributed by atoms with Crippen molar-refractivity contribution in [3.8, 4) is 0 Å². The molecule has 0 heterocycles. The van der Waals surface area contributed by atoms with Crippen LogP contribution >= 0.6 is 0 Å². The molecule has 0 amide bonds. The molecule has 3 unspecified atom stereocenters. The predicted molar refractivity (Wildman–Crippen MR) is 69.5 cm³/mol. The number of hydrogen-bond donors (Lipinski definition) is 0. The van der Waals surface area contributed by atoms with Crippen LogP contribution in [0.25, 0.3) is 0 Å². The Kier molecular flexibility index (Phi) is 12.5. The van der Waals surface area contributed by atoms with E-state index in [1.807, 2.05) is 12.2 Å². The average Bonchev–Trinajstić information content (AvgIpc) is 2.88. The van der Waals surface area contributed by atoms with E-state index in [-0.39, 0.29) is 51.0 Å². The van der Waals surface area contributed by atoms with Gasteiger partial charge in [0.05, 0.1) is 0 Å². The first-order valence-corrected chi connectivity index (χ1v) is 6.22. The number of rotatable bonds is 0. The van der Waals surface area contributed by atoms with Crippen LogP contribution in [0.2, 0.25) is 0 Å². The van der Waals surface area contributed by atoms with E-state index in [2.05, 4.69) is 50.6 Å². The Morgan fingerprint density at radius 1 is 1.21 bits per heavy atom. The summed E-state index contributed by atoms with van der Waals surface area (Å²) in [6, 6.07) is 0. The molecule has 0 aromatic rings. The molecule has 0 bridgehead atoms. The minimum absolute atomic E-state index is 0. The largest absolute Gasteiger partial charge is 4.00 e. The number of fused-ring (bicyclic) bond motifs is 1. The zero-order valence-electron chi connectivity index (χ0n) is 11.4. The summed E-state index contributed by atoms with van der Waals surface area (Å²) in [7, 11) is 0. The van der Waals surface area contributed by atoms with E-state index in [0.29, 0.717) is 0 Å². The fourth-order valence-electron chi connectivity index (χ4n) is 2.57. The fraction of sp³-hybridized carbons (Fsp3) is 0.438. The van der Waals surface area contributed by atoms with Gasteiger partial charge in [0.15, 0.2) is 0 Å². The van der Waals surface area contributed by atoms with E-state index >= 15 is 0 Å². The van der Waals surface area contributed by atoms with E-state index in [9.17, 15) is 0 Å². The Labute approximate surface area is 149 Å². The average molecular weight is 374 g/mol. The second-order valence-corrected chi connectivity index (χ2v) is 4.90. The maximum Gasteiger partial charge on any atom is 4.00 e. The molecule has 3 rings (SSSR count). The first-order valence-electron chi connectivity index (χ1n) is 6.22. The van der Waals surface area contributed by atoms with Crippen LogP contribution in [0.1, 0.15) is 26.7 Å². The van der Waals surface area contributed by atoms with Gasteiger partial charge in [-0.2, -0.15) is 6.08 Å². The van der Waals surface area contributed by atoms with Gasteiger partial charge in [-0.05, 0) is 11.8 Å². The molecule has 0 spiro atoms. The van der Waals surface area contributed by atoms with Gasteiger partial charge in [0, 0.05) is 0 Å². The molecular weight excluding hydrogens is 354 g/mol. The standard InChI is InChI=1S/C11H15.C5H5.2ClH.Zr/c1-8-6-10-5-3-4-9(2)11(10)7-8;1-2-4-5-3-1;;;/h3-6,8-9,11H,7H2,1-2H3;1-3H,4H2;2*1H;/q2*-1;;;+4/p-2. The van der Waals surface area contributed by atoms with Crippen LogP contribution in [0.5, 0.6) is 0 Å². The van der Waals surface area contributed by atoms with Crippen molar-refractivity contribution in [2.24, 2.45) is 17.8 Å². The van der Waals surface area contributed by atoms with Crippen LogP contribution in [0, 0.1) is 30.3 Å². The summed E-state index contributed by atoms with van der Waals surface area (Å²) >= 11 is 0. The topological polar surface area (TPSA) is 0 Å². The SMILES string of the molecule is CC1[CH-]C2=CC=CC(C)C2C1.[C-]1=CC=CC1.[Cl-].[Cl-].[Zr+4]. The van der Waals surface area contributed by atoms with Crippen molar-refractivity contribution in [2.45, 2.75) is 26.7 Å². The molecule has 3 heteroatoms. The molecular formula is C16H20Cl2Zr. The molecule has 0 saturated heterocycles. The first-order chi connectivity index (χ1) is 7.77. The Bertz CT molecular complexity index is 346. The van der Waals surface area contributed by atoms with Crippen molar-refractivity contribution in [3.63, 3.8) is 0 Å². The van der Waals surface area contributed by atoms with Gasteiger partial charge in [-0.15, -0.1) is 12.5 Å². The van der Waals surface area contributed by atoms with Crippen LogP contribution in [0.4, 0.5) is 0 Å². The monoisotopic (exact) mass is 372 g/mol. The van der Waals surface area contributed by atoms with Crippen molar-refractivity contribution < 1.29 is 51.0 Å². The summed E-state index contributed by atoms with van der Waals surface area (Å²) in [4.78, 5) is 0. The molecule has 102 valence electrons. The van der Waals surface area contributed by atoms with Crippen molar-refractivity contribution in [3.05, 3.63) is 54.5 Å². The van der Waals surface area contributed by atoms with E-state index in [4.69, 9.17) is 0 Å². The van der Waals surface area contributed by atoms with Crippen molar-refractivity contribution >= 4 is 0 Å². The summed E-state index contributed by atoms with van der Waals surface area (Å²) in [5.41, 5.74) is 1.58. The molecule has 3 aliphatic rings. The van der Waals surface area contributed by atoms with E-state index in [1.54, 1.807) is 5.57 Å². The normalized spacial score (nSPS) is 28.5. The Hall–Kier alpha value is 0.293. The molecule has 1 saturated carbocycles. The fourth-order valence-corrected chi connectivity index (χ4v) is 2.57. The molecule has 0 N–H and O–H groups in total. The smallest absolute Gasteiger partial charge is 1.00 e. The summed E-state index contributed by atoms with van der Waals surface area (Å²) < 4.78 is 0. The molecule has 0 aliphatic heterocycles. The van der Waals surface area contributed by atoms with Crippen LogP contribution in [-0.2, 0) is 26.2 Å². The zero-order chi connectivity index (χ0) is 11.4. The Morgan fingerprint density at radius 2 is 1.95 bits per heavy atom. The van der Waals surface area contributed by atoms with Gasteiger partial charge < -0.3 is 24.8 Å². The van der Waals surface area contributed by atoms with Gasteiger partial charge in [-0.3, -0.25) is 6.08 Å². The van der Waals surface area contributed by atoms with Gasteiger partial charge in [0.25, 0.3) is 0 Å². The quantitative estimate of drug-likeness (QED) is 0.443. The van der Waals surface area contributed by atoms with Crippen molar-refractivity contribution in [2.75, 3.05) is 0 Å². The van der Waals surface area contributed by atoms with Crippen LogP contribution in [0.15, 0.2) is 42.0 Å². The Morgan fingerprint density at radius 3 is 2.42 bits per heavy atom. The molecule has 1 fully saturated rings. The van der Waals surface area contributed by atoms with Crippen molar-refractivity contribution in [1.29, 1.82) is 0 Å². The zero-order valence-corrected chi connectivity index (χ0v) is 15.4. The molecule has 0 aromatic carbocycles. The summed E-state index contributed by atoms with van der Waals surface area (Å²) in [5.74, 6) is 2.39.